The van der Waals surface area contributed by atoms with E-state index in [1.54, 1.807) is 11.8 Å². The van der Waals surface area contributed by atoms with Gasteiger partial charge in [-0.3, -0.25) is 0 Å². The van der Waals surface area contributed by atoms with Gasteiger partial charge >= 0.3 is 0 Å². The molecule has 0 aliphatic heterocycles. The maximum Gasteiger partial charge on any atom is 0.0444 e. The van der Waals surface area contributed by atoms with Gasteiger partial charge in [-0.2, -0.15) is 0 Å². The molecule has 0 radical (unpaired) electrons. The molecule has 3 nitrogen and oxygen atoms in total. The van der Waals surface area contributed by atoms with Gasteiger partial charge in [0.15, 0.2) is 0 Å². The van der Waals surface area contributed by atoms with Crippen molar-refractivity contribution < 1.29 is 0 Å². The van der Waals surface area contributed by atoms with Crippen molar-refractivity contribution in [2.75, 3.05) is 39.0 Å². The van der Waals surface area contributed by atoms with E-state index in [4.69, 9.17) is 5.73 Å². The maximum absolute atomic E-state index is 5.88. The number of benzene rings is 1. The summed E-state index contributed by atoms with van der Waals surface area (Å²) in [5, 5.41) is 3.55. The predicted octanol–water partition coefficient (Wildman–Crippen LogP) is 2.34. The van der Waals surface area contributed by atoms with Gasteiger partial charge in [0.2, 0.25) is 0 Å². The van der Waals surface area contributed by atoms with Crippen LogP contribution >= 0.6 is 11.8 Å². The predicted molar refractivity (Wildman–Crippen MR) is 85.8 cm³/mol. The molecule has 1 aromatic carbocycles. The second kappa shape index (κ2) is 9.37. The van der Waals surface area contributed by atoms with Crippen LogP contribution in [0.2, 0.25) is 0 Å². The SMILES string of the molecule is CCN(CC)CCNC(CN)c1ccc(SC)cc1. The lowest BCUT2D eigenvalue weighted by molar-refractivity contribution is 0.297. The molecule has 0 aromatic heterocycles. The zero-order chi connectivity index (χ0) is 14.1. The Morgan fingerprint density at radius 1 is 1.21 bits per heavy atom. The molecule has 0 fully saturated rings. The summed E-state index contributed by atoms with van der Waals surface area (Å²) in [6.07, 6.45) is 2.09. The molecule has 0 bridgehead atoms. The molecule has 0 saturated heterocycles. The van der Waals surface area contributed by atoms with Gasteiger partial charge in [0.05, 0.1) is 0 Å². The second-order valence-electron chi connectivity index (χ2n) is 4.54. The summed E-state index contributed by atoms with van der Waals surface area (Å²) >= 11 is 1.77. The first-order chi connectivity index (χ1) is 9.24. The van der Waals surface area contributed by atoms with E-state index in [2.05, 4.69) is 54.6 Å². The van der Waals surface area contributed by atoms with E-state index in [-0.39, 0.29) is 6.04 Å². The Kier molecular flexibility index (Phi) is 8.14. The van der Waals surface area contributed by atoms with Crippen molar-refractivity contribution in [3.8, 4) is 0 Å². The summed E-state index contributed by atoms with van der Waals surface area (Å²) < 4.78 is 0. The minimum absolute atomic E-state index is 0.256. The Bertz CT molecular complexity index is 336. The molecule has 0 spiro atoms. The van der Waals surface area contributed by atoms with E-state index in [1.165, 1.54) is 10.5 Å². The standard InChI is InChI=1S/C15H27N3S/c1-4-18(5-2)11-10-17-15(12-16)13-6-8-14(19-3)9-7-13/h6-9,15,17H,4-5,10-12,16H2,1-3H3. The monoisotopic (exact) mass is 281 g/mol. The number of hydrogen-bond donors (Lipinski definition) is 2. The van der Waals surface area contributed by atoms with Crippen LogP contribution in [0, 0.1) is 0 Å². The van der Waals surface area contributed by atoms with E-state index in [1.807, 2.05) is 0 Å². The lowest BCUT2D eigenvalue weighted by atomic mass is 10.1. The Balaban J connectivity index is 2.48. The highest BCUT2D eigenvalue weighted by Gasteiger charge is 2.09. The van der Waals surface area contributed by atoms with Crippen LogP contribution in [0.5, 0.6) is 0 Å². The fourth-order valence-corrected chi connectivity index (χ4v) is 2.52. The fraction of sp³-hybridized carbons (Fsp3) is 0.600. The summed E-state index contributed by atoms with van der Waals surface area (Å²) in [7, 11) is 0. The molecule has 1 aromatic rings. The third kappa shape index (κ3) is 5.53. The van der Waals surface area contributed by atoms with Crippen molar-refractivity contribution in [3.63, 3.8) is 0 Å². The molecule has 0 aliphatic carbocycles. The smallest absolute Gasteiger partial charge is 0.0444 e. The van der Waals surface area contributed by atoms with Crippen LogP contribution in [-0.4, -0.2) is 43.9 Å². The van der Waals surface area contributed by atoms with Crippen molar-refractivity contribution in [3.05, 3.63) is 29.8 Å². The summed E-state index contributed by atoms with van der Waals surface area (Å²) in [5.74, 6) is 0. The van der Waals surface area contributed by atoms with Crippen LogP contribution in [-0.2, 0) is 0 Å². The van der Waals surface area contributed by atoms with Crippen LogP contribution in [0.25, 0.3) is 0 Å². The summed E-state index contributed by atoms with van der Waals surface area (Å²) in [4.78, 5) is 3.71. The molecule has 4 heteroatoms. The van der Waals surface area contributed by atoms with Crippen molar-refractivity contribution in [2.45, 2.75) is 24.8 Å². The third-order valence-electron chi connectivity index (χ3n) is 3.47. The number of rotatable bonds is 9. The minimum atomic E-state index is 0.256. The van der Waals surface area contributed by atoms with Crippen LogP contribution in [0.1, 0.15) is 25.5 Å². The van der Waals surface area contributed by atoms with E-state index in [9.17, 15) is 0 Å². The van der Waals surface area contributed by atoms with Gasteiger partial charge in [-0.1, -0.05) is 26.0 Å². The van der Waals surface area contributed by atoms with Crippen LogP contribution in [0.4, 0.5) is 0 Å². The average molecular weight is 281 g/mol. The topological polar surface area (TPSA) is 41.3 Å². The largest absolute Gasteiger partial charge is 0.329 e. The number of nitrogens with zero attached hydrogens (tertiary/aromatic N) is 1. The van der Waals surface area contributed by atoms with E-state index in [0.717, 1.165) is 26.2 Å². The molecule has 0 saturated carbocycles. The first-order valence-electron chi connectivity index (χ1n) is 7.04. The molecular formula is C15H27N3S. The molecule has 0 aliphatic rings. The third-order valence-corrected chi connectivity index (χ3v) is 4.21. The first kappa shape index (κ1) is 16.5. The molecule has 1 unspecified atom stereocenters. The number of nitrogens with two attached hydrogens (primary N) is 1. The summed E-state index contributed by atoms with van der Waals surface area (Å²) in [6, 6.07) is 8.93. The van der Waals surface area contributed by atoms with E-state index < -0.39 is 0 Å². The highest BCUT2D eigenvalue weighted by atomic mass is 32.2. The molecular weight excluding hydrogens is 254 g/mol. The Morgan fingerprint density at radius 3 is 2.32 bits per heavy atom. The van der Waals surface area contributed by atoms with Crippen molar-refractivity contribution >= 4 is 11.8 Å². The molecule has 1 rings (SSSR count). The normalized spacial score (nSPS) is 12.9. The molecule has 0 amide bonds. The van der Waals surface area contributed by atoms with Crippen LogP contribution in [0.3, 0.4) is 0 Å². The van der Waals surface area contributed by atoms with Crippen LogP contribution in [0.15, 0.2) is 29.2 Å². The summed E-state index contributed by atoms with van der Waals surface area (Å²) in [5.41, 5.74) is 7.15. The molecule has 19 heavy (non-hydrogen) atoms. The van der Waals surface area contributed by atoms with Crippen molar-refractivity contribution in [1.29, 1.82) is 0 Å². The van der Waals surface area contributed by atoms with Gasteiger partial charge in [-0.25, -0.2) is 0 Å². The van der Waals surface area contributed by atoms with Gasteiger partial charge in [-0.15, -0.1) is 11.8 Å². The van der Waals surface area contributed by atoms with Gasteiger partial charge in [0.1, 0.15) is 0 Å². The Hall–Kier alpha value is -0.550. The number of likely N-dealkylation sites (N-methyl/N-ethyl adjacent to an activating group) is 1. The van der Waals surface area contributed by atoms with Crippen LogP contribution < -0.4 is 11.1 Å². The van der Waals surface area contributed by atoms with Gasteiger partial charge in [0, 0.05) is 30.6 Å². The van der Waals surface area contributed by atoms with Crippen molar-refractivity contribution in [1.82, 2.24) is 10.2 Å². The van der Waals surface area contributed by atoms with E-state index in [0.29, 0.717) is 6.54 Å². The van der Waals surface area contributed by atoms with Gasteiger partial charge in [0.25, 0.3) is 0 Å². The molecule has 0 heterocycles. The molecule has 1 atom stereocenters. The second-order valence-corrected chi connectivity index (χ2v) is 5.42. The zero-order valence-corrected chi connectivity index (χ0v) is 13.2. The quantitative estimate of drug-likeness (QED) is 0.682. The van der Waals surface area contributed by atoms with Gasteiger partial charge < -0.3 is 16.0 Å². The molecule has 108 valence electrons. The average Bonchev–Trinajstić information content (AvgIpc) is 2.48. The summed E-state index contributed by atoms with van der Waals surface area (Å²) in [6.45, 7) is 9.30. The van der Waals surface area contributed by atoms with Crippen molar-refractivity contribution in [2.24, 2.45) is 5.73 Å². The highest BCUT2D eigenvalue weighted by molar-refractivity contribution is 7.98. The number of hydrogen-bond acceptors (Lipinski definition) is 4. The molecule has 3 N–H and O–H groups in total. The lowest BCUT2D eigenvalue weighted by Crippen LogP contribution is -2.36. The lowest BCUT2D eigenvalue weighted by Gasteiger charge is -2.22. The fourth-order valence-electron chi connectivity index (χ4n) is 2.11. The van der Waals surface area contributed by atoms with E-state index >= 15 is 0 Å². The minimum Gasteiger partial charge on any atom is -0.329 e. The highest BCUT2D eigenvalue weighted by Crippen LogP contribution is 2.18. The Labute approximate surface area is 121 Å². The number of thioether (sulfide) groups is 1. The number of nitrogens with one attached hydrogen (secondary N) is 1. The van der Waals surface area contributed by atoms with Gasteiger partial charge in [-0.05, 0) is 37.0 Å². The Morgan fingerprint density at radius 2 is 1.84 bits per heavy atom. The first-order valence-corrected chi connectivity index (χ1v) is 8.27. The zero-order valence-electron chi connectivity index (χ0n) is 12.4. The maximum atomic E-state index is 5.88.